The number of aromatic nitrogens is 4. The van der Waals surface area contributed by atoms with Crippen LogP contribution in [-0.2, 0) is 11.5 Å². The predicted octanol–water partition coefficient (Wildman–Crippen LogP) is 4.40. The van der Waals surface area contributed by atoms with Gasteiger partial charge in [-0.25, -0.2) is 0 Å². The maximum Gasteiger partial charge on any atom is 0.166 e. The van der Waals surface area contributed by atoms with Gasteiger partial charge in [-0.1, -0.05) is 47.5 Å². The van der Waals surface area contributed by atoms with E-state index in [-0.39, 0.29) is 0 Å². The van der Waals surface area contributed by atoms with Gasteiger partial charge < -0.3 is 0 Å². The van der Waals surface area contributed by atoms with Gasteiger partial charge in [0.15, 0.2) is 5.82 Å². The first-order valence-electron chi connectivity index (χ1n) is 6.58. The van der Waals surface area contributed by atoms with Crippen molar-refractivity contribution >= 4 is 35.0 Å². The molecule has 0 radical (unpaired) electrons. The zero-order chi connectivity index (χ0) is 15.4. The molecule has 0 spiro atoms. The molecule has 0 aliphatic rings. The SMILES string of the molecule is Clc1ccc(CSCc2nnnn2-c2ccccc2)cc1Cl. The quantitative estimate of drug-likeness (QED) is 0.683. The monoisotopic (exact) mass is 350 g/mol. The Labute approximate surface area is 142 Å². The molecule has 0 aliphatic heterocycles. The molecule has 1 aromatic heterocycles. The van der Waals surface area contributed by atoms with Gasteiger partial charge >= 0.3 is 0 Å². The second-order valence-corrected chi connectivity index (χ2v) is 6.38. The van der Waals surface area contributed by atoms with Crippen LogP contribution >= 0.6 is 35.0 Å². The van der Waals surface area contributed by atoms with E-state index in [4.69, 9.17) is 23.2 Å². The van der Waals surface area contributed by atoms with Gasteiger partial charge in [-0.15, -0.1) is 16.9 Å². The number of benzene rings is 2. The Balaban J connectivity index is 1.65. The minimum Gasteiger partial charge on any atom is -0.196 e. The fourth-order valence-electron chi connectivity index (χ4n) is 1.96. The number of rotatable bonds is 5. The van der Waals surface area contributed by atoms with Crippen LogP contribution in [0.15, 0.2) is 48.5 Å². The molecule has 0 saturated heterocycles. The van der Waals surface area contributed by atoms with E-state index >= 15 is 0 Å². The Hall–Kier alpha value is -1.56. The standard InChI is InChI=1S/C15H12Cl2N4S/c16-13-7-6-11(8-14(13)17)9-22-10-15-18-19-20-21(15)12-4-2-1-3-5-12/h1-8H,9-10H2. The second kappa shape index (κ2) is 7.13. The molecule has 0 fully saturated rings. The van der Waals surface area contributed by atoms with Gasteiger partial charge in [0.05, 0.1) is 21.5 Å². The average molecular weight is 351 g/mol. The summed E-state index contributed by atoms with van der Waals surface area (Å²) in [6.07, 6.45) is 0. The van der Waals surface area contributed by atoms with Crippen LogP contribution in [-0.4, -0.2) is 20.2 Å². The topological polar surface area (TPSA) is 43.6 Å². The van der Waals surface area contributed by atoms with E-state index in [2.05, 4.69) is 15.5 Å². The van der Waals surface area contributed by atoms with Crippen molar-refractivity contribution in [2.45, 2.75) is 11.5 Å². The summed E-state index contributed by atoms with van der Waals surface area (Å²) >= 11 is 13.7. The summed E-state index contributed by atoms with van der Waals surface area (Å²) in [7, 11) is 0. The molecule has 112 valence electrons. The number of hydrogen-bond donors (Lipinski definition) is 0. The molecular formula is C15H12Cl2N4S. The second-order valence-electron chi connectivity index (χ2n) is 4.58. The minimum atomic E-state index is 0.573. The number of nitrogens with zero attached hydrogens (tertiary/aromatic N) is 4. The fraction of sp³-hybridized carbons (Fsp3) is 0.133. The molecule has 0 amide bonds. The molecule has 0 N–H and O–H groups in total. The van der Waals surface area contributed by atoms with Crippen molar-refractivity contribution in [3.05, 3.63) is 70.0 Å². The molecule has 4 nitrogen and oxygen atoms in total. The molecule has 3 rings (SSSR count). The van der Waals surface area contributed by atoms with E-state index in [0.29, 0.717) is 15.8 Å². The van der Waals surface area contributed by atoms with Gasteiger partial charge in [-0.05, 0) is 40.3 Å². The third kappa shape index (κ3) is 3.61. The van der Waals surface area contributed by atoms with E-state index in [1.54, 1.807) is 16.4 Å². The average Bonchev–Trinajstić information content (AvgIpc) is 3.00. The largest absolute Gasteiger partial charge is 0.196 e. The third-order valence-corrected chi connectivity index (χ3v) is 4.76. The zero-order valence-electron chi connectivity index (χ0n) is 11.5. The molecule has 1 heterocycles. The summed E-state index contributed by atoms with van der Waals surface area (Å²) in [5.41, 5.74) is 2.08. The first-order valence-corrected chi connectivity index (χ1v) is 8.49. The van der Waals surface area contributed by atoms with Crippen molar-refractivity contribution in [2.24, 2.45) is 0 Å². The molecule has 0 aliphatic carbocycles. The van der Waals surface area contributed by atoms with Crippen LogP contribution < -0.4 is 0 Å². The smallest absolute Gasteiger partial charge is 0.166 e. The lowest BCUT2D eigenvalue weighted by Crippen LogP contribution is -2.01. The van der Waals surface area contributed by atoms with E-state index < -0.39 is 0 Å². The third-order valence-electron chi connectivity index (χ3n) is 3.02. The van der Waals surface area contributed by atoms with Crippen molar-refractivity contribution in [1.82, 2.24) is 20.2 Å². The number of tetrazole rings is 1. The van der Waals surface area contributed by atoms with Crippen LogP contribution in [0.3, 0.4) is 0 Å². The van der Waals surface area contributed by atoms with E-state index in [9.17, 15) is 0 Å². The number of para-hydroxylation sites is 1. The summed E-state index contributed by atoms with van der Waals surface area (Å²) in [5.74, 6) is 2.34. The summed E-state index contributed by atoms with van der Waals surface area (Å²) in [5, 5.41) is 13.0. The molecule has 0 atom stereocenters. The Bertz CT molecular complexity index is 761. The summed E-state index contributed by atoms with van der Waals surface area (Å²) < 4.78 is 1.75. The van der Waals surface area contributed by atoms with Gasteiger partial charge in [0, 0.05) is 5.75 Å². The van der Waals surface area contributed by atoms with E-state index in [1.165, 1.54) is 0 Å². The molecule has 7 heteroatoms. The number of hydrogen-bond acceptors (Lipinski definition) is 4. The molecule has 22 heavy (non-hydrogen) atoms. The maximum atomic E-state index is 6.02. The Kier molecular flexibility index (Phi) is 4.97. The minimum absolute atomic E-state index is 0.573. The fourth-order valence-corrected chi connectivity index (χ4v) is 3.16. The normalized spacial score (nSPS) is 10.8. The molecule has 2 aromatic carbocycles. The first-order chi connectivity index (χ1) is 10.7. The van der Waals surface area contributed by atoms with Crippen molar-refractivity contribution in [1.29, 1.82) is 0 Å². The Morgan fingerprint density at radius 3 is 2.55 bits per heavy atom. The van der Waals surface area contributed by atoms with Gasteiger partial charge in [0.25, 0.3) is 0 Å². The van der Waals surface area contributed by atoms with Gasteiger partial charge in [0.1, 0.15) is 0 Å². The number of halogens is 2. The summed E-state index contributed by atoms with van der Waals surface area (Å²) in [6.45, 7) is 0. The predicted molar refractivity (Wildman–Crippen MR) is 90.6 cm³/mol. The molecule has 0 unspecified atom stereocenters. The van der Waals surface area contributed by atoms with Crippen molar-refractivity contribution in [2.75, 3.05) is 0 Å². The van der Waals surface area contributed by atoms with E-state index in [1.807, 2.05) is 48.5 Å². The molecular weight excluding hydrogens is 339 g/mol. The lowest BCUT2D eigenvalue weighted by Gasteiger charge is -2.05. The number of thioether (sulfide) groups is 1. The van der Waals surface area contributed by atoms with Crippen LogP contribution in [0.5, 0.6) is 0 Å². The van der Waals surface area contributed by atoms with Crippen molar-refractivity contribution in [3.8, 4) is 5.69 Å². The van der Waals surface area contributed by atoms with Crippen LogP contribution in [0.2, 0.25) is 10.0 Å². The van der Waals surface area contributed by atoms with Gasteiger partial charge in [0.2, 0.25) is 0 Å². The van der Waals surface area contributed by atoms with Crippen LogP contribution in [0.4, 0.5) is 0 Å². The zero-order valence-corrected chi connectivity index (χ0v) is 13.8. The van der Waals surface area contributed by atoms with Crippen molar-refractivity contribution < 1.29 is 0 Å². The van der Waals surface area contributed by atoms with Gasteiger partial charge in [-0.3, -0.25) is 0 Å². The van der Waals surface area contributed by atoms with Gasteiger partial charge in [-0.2, -0.15) is 4.68 Å². The summed E-state index contributed by atoms with van der Waals surface area (Å²) in [6, 6.07) is 15.5. The highest BCUT2D eigenvalue weighted by atomic mass is 35.5. The summed E-state index contributed by atoms with van der Waals surface area (Å²) in [4.78, 5) is 0. The van der Waals surface area contributed by atoms with Crippen LogP contribution in [0.1, 0.15) is 11.4 Å². The lowest BCUT2D eigenvalue weighted by atomic mass is 10.2. The molecule has 0 saturated carbocycles. The lowest BCUT2D eigenvalue weighted by molar-refractivity contribution is 0.777. The van der Waals surface area contributed by atoms with Crippen LogP contribution in [0.25, 0.3) is 5.69 Å². The molecule has 0 bridgehead atoms. The van der Waals surface area contributed by atoms with Crippen LogP contribution in [0, 0.1) is 0 Å². The highest BCUT2D eigenvalue weighted by molar-refractivity contribution is 7.97. The van der Waals surface area contributed by atoms with E-state index in [0.717, 1.165) is 22.8 Å². The highest BCUT2D eigenvalue weighted by Gasteiger charge is 2.08. The molecule has 3 aromatic rings. The maximum absolute atomic E-state index is 6.02. The highest BCUT2D eigenvalue weighted by Crippen LogP contribution is 2.25. The first kappa shape index (κ1) is 15.3. The van der Waals surface area contributed by atoms with Crippen molar-refractivity contribution in [3.63, 3.8) is 0 Å². The Morgan fingerprint density at radius 2 is 1.77 bits per heavy atom. The Morgan fingerprint density at radius 1 is 0.955 bits per heavy atom.